The summed E-state index contributed by atoms with van der Waals surface area (Å²) in [6, 6.07) is 23.8. The van der Waals surface area contributed by atoms with Gasteiger partial charge in [0.25, 0.3) is 5.91 Å². The highest BCUT2D eigenvalue weighted by molar-refractivity contribution is 7.98. The van der Waals surface area contributed by atoms with E-state index in [2.05, 4.69) is 34.3 Å². The maximum absolute atomic E-state index is 12.8. The Labute approximate surface area is 174 Å². The molecule has 146 valence electrons. The number of fused-ring (bicyclic) bond motifs is 1. The van der Waals surface area contributed by atoms with Crippen molar-refractivity contribution in [3.63, 3.8) is 0 Å². The second kappa shape index (κ2) is 8.45. The first-order valence-corrected chi connectivity index (χ1v) is 10.6. The number of rotatable bonds is 6. The lowest BCUT2D eigenvalue weighted by Crippen LogP contribution is -2.13. The third kappa shape index (κ3) is 4.15. The summed E-state index contributed by atoms with van der Waals surface area (Å²) in [5.41, 5.74) is 3.74. The van der Waals surface area contributed by atoms with Crippen LogP contribution in [0.3, 0.4) is 0 Å². The quantitative estimate of drug-likeness (QED) is 0.423. The number of methoxy groups -OCH3 is 1. The molecule has 0 aliphatic heterocycles. The number of hydrogen-bond acceptors (Lipinski definition) is 3. The fraction of sp³-hybridized carbons (Fsp3) is 0.125. The average molecular weight is 403 g/mol. The summed E-state index contributed by atoms with van der Waals surface area (Å²) >= 11 is 1.57. The number of aromatic nitrogens is 1. The molecular formula is C24H22N2O2S. The van der Waals surface area contributed by atoms with Crippen LogP contribution in [0, 0.1) is 0 Å². The van der Waals surface area contributed by atoms with E-state index in [1.807, 2.05) is 60.9 Å². The number of ether oxygens (including phenoxy) is 1. The van der Waals surface area contributed by atoms with E-state index < -0.39 is 0 Å². The molecule has 0 fully saturated rings. The second-order valence-electron chi connectivity index (χ2n) is 6.72. The Morgan fingerprint density at radius 3 is 2.59 bits per heavy atom. The van der Waals surface area contributed by atoms with Gasteiger partial charge in [-0.25, -0.2) is 0 Å². The fourth-order valence-corrected chi connectivity index (χ4v) is 3.95. The van der Waals surface area contributed by atoms with Crippen molar-refractivity contribution in [1.82, 2.24) is 4.57 Å². The van der Waals surface area contributed by atoms with Crippen LogP contribution < -0.4 is 10.1 Å². The van der Waals surface area contributed by atoms with Crippen molar-refractivity contribution in [1.29, 1.82) is 0 Å². The van der Waals surface area contributed by atoms with Crippen molar-refractivity contribution in [2.24, 2.45) is 0 Å². The Hall–Kier alpha value is -3.18. The third-order valence-electron chi connectivity index (χ3n) is 4.90. The molecule has 4 aromatic rings. The Morgan fingerprint density at radius 1 is 1.03 bits per heavy atom. The molecule has 3 aromatic carbocycles. The highest BCUT2D eigenvalue weighted by Gasteiger charge is 2.11. The predicted molar refractivity (Wildman–Crippen MR) is 120 cm³/mol. The summed E-state index contributed by atoms with van der Waals surface area (Å²) in [6.07, 6.45) is 4.05. The van der Waals surface area contributed by atoms with Gasteiger partial charge in [0, 0.05) is 23.3 Å². The first-order chi connectivity index (χ1) is 14.2. The van der Waals surface area contributed by atoms with Crippen molar-refractivity contribution < 1.29 is 9.53 Å². The summed E-state index contributed by atoms with van der Waals surface area (Å²) in [5.74, 6) is 0.754. The summed E-state index contributed by atoms with van der Waals surface area (Å²) < 4.78 is 7.41. The Balaban J connectivity index is 1.58. The first kappa shape index (κ1) is 19.2. The van der Waals surface area contributed by atoms with Crippen molar-refractivity contribution >= 4 is 34.3 Å². The standard InChI is InChI=1S/C24H22N2O2S/c1-28-20-11-7-17(8-12-20)16-26-14-13-18-9-10-19(15-22(18)26)25-24(27)21-5-3-4-6-23(21)29-2/h3-15H,16H2,1-2H3,(H,25,27). The lowest BCUT2D eigenvalue weighted by molar-refractivity contribution is 0.102. The lowest BCUT2D eigenvalue weighted by Gasteiger charge is -2.10. The average Bonchev–Trinajstić information content (AvgIpc) is 3.16. The van der Waals surface area contributed by atoms with Gasteiger partial charge >= 0.3 is 0 Å². The smallest absolute Gasteiger partial charge is 0.256 e. The number of carbonyl (C=O) groups is 1. The van der Waals surface area contributed by atoms with Crippen LogP contribution in [0.25, 0.3) is 10.9 Å². The summed E-state index contributed by atoms with van der Waals surface area (Å²) in [4.78, 5) is 13.7. The summed E-state index contributed by atoms with van der Waals surface area (Å²) in [6.45, 7) is 0.750. The van der Waals surface area contributed by atoms with E-state index in [0.717, 1.165) is 33.8 Å². The van der Waals surface area contributed by atoms with Crippen LogP contribution in [-0.4, -0.2) is 23.8 Å². The van der Waals surface area contributed by atoms with E-state index in [1.165, 1.54) is 5.56 Å². The van der Waals surface area contributed by atoms with Crippen LogP contribution in [0.5, 0.6) is 5.75 Å². The number of anilines is 1. The largest absolute Gasteiger partial charge is 0.497 e. The Kier molecular flexibility index (Phi) is 5.58. The minimum atomic E-state index is -0.0949. The molecule has 0 saturated carbocycles. The zero-order valence-electron chi connectivity index (χ0n) is 16.4. The fourth-order valence-electron chi connectivity index (χ4n) is 3.36. The van der Waals surface area contributed by atoms with Crippen LogP contribution in [-0.2, 0) is 6.54 Å². The van der Waals surface area contributed by atoms with Crippen LogP contribution in [0.4, 0.5) is 5.69 Å². The number of hydrogen-bond donors (Lipinski definition) is 1. The van der Waals surface area contributed by atoms with Gasteiger partial charge in [-0.15, -0.1) is 11.8 Å². The minimum Gasteiger partial charge on any atom is -0.497 e. The highest BCUT2D eigenvalue weighted by atomic mass is 32.2. The van der Waals surface area contributed by atoms with Crippen molar-refractivity contribution in [2.75, 3.05) is 18.7 Å². The van der Waals surface area contributed by atoms with E-state index in [-0.39, 0.29) is 5.91 Å². The molecule has 0 aliphatic carbocycles. The van der Waals surface area contributed by atoms with Gasteiger partial charge in [0.2, 0.25) is 0 Å². The maximum atomic E-state index is 12.8. The number of thioether (sulfide) groups is 1. The van der Waals surface area contributed by atoms with Crippen LogP contribution >= 0.6 is 11.8 Å². The molecule has 0 unspecified atom stereocenters. The van der Waals surface area contributed by atoms with E-state index >= 15 is 0 Å². The molecule has 1 aromatic heterocycles. The molecular weight excluding hydrogens is 380 g/mol. The number of benzene rings is 3. The van der Waals surface area contributed by atoms with Gasteiger partial charge in [-0.1, -0.05) is 30.3 Å². The monoisotopic (exact) mass is 402 g/mol. The SMILES string of the molecule is COc1ccc(Cn2ccc3ccc(NC(=O)c4ccccc4SC)cc32)cc1. The van der Waals surface area contributed by atoms with Gasteiger partial charge in [0.1, 0.15) is 5.75 Å². The summed E-state index contributed by atoms with van der Waals surface area (Å²) in [7, 11) is 1.67. The summed E-state index contributed by atoms with van der Waals surface area (Å²) in [5, 5.41) is 4.18. The highest BCUT2D eigenvalue weighted by Crippen LogP contribution is 2.24. The molecule has 0 saturated heterocycles. The van der Waals surface area contributed by atoms with Gasteiger partial charge in [-0.3, -0.25) is 4.79 Å². The number of amides is 1. The van der Waals surface area contributed by atoms with Crippen LogP contribution in [0.2, 0.25) is 0 Å². The van der Waals surface area contributed by atoms with Crippen LogP contribution in [0.1, 0.15) is 15.9 Å². The molecule has 5 heteroatoms. The second-order valence-corrected chi connectivity index (χ2v) is 7.57. The molecule has 29 heavy (non-hydrogen) atoms. The normalized spacial score (nSPS) is 10.8. The maximum Gasteiger partial charge on any atom is 0.256 e. The molecule has 0 aliphatic rings. The third-order valence-corrected chi connectivity index (χ3v) is 5.69. The molecule has 1 amide bonds. The van der Waals surface area contributed by atoms with Gasteiger partial charge < -0.3 is 14.6 Å². The van der Waals surface area contributed by atoms with E-state index in [4.69, 9.17) is 4.74 Å². The van der Waals surface area contributed by atoms with Gasteiger partial charge in [-0.05, 0) is 59.7 Å². The van der Waals surface area contributed by atoms with Gasteiger partial charge in [0.15, 0.2) is 0 Å². The minimum absolute atomic E-state index is 0.0949. The van der Waals surface area contributed by atoms with E-state index in [9.17, 15) is 4.79 Å². The molecule has 0 bridgehead atoms. The first-order valence-electron chi connectivity index (χ1n) is 9.34. The van der Waals surface area contributed by atoms with Crippen molar-refractivity contribution in [2.45, 2.75) is 11.4 Å². The van der Waals surface area contributed by atoms with E-state index in [0.29, 0.717) is 5.56 Å². The Morgan fingerprint density at radius 2 is 1.83 bits per heavy atom. The predicted octanol–water partition coefficient (Wildman–Crippen LogP) is 5.67. The lowest BCUT2D eigenvalue weighted by atomic mass is 10.2. The van der Waals surface area contributed by atoms with Gasteiger partial charge in [-0.2, -0.15) is 0 Å². The molecule has 1 N–H and O–H groups in total. The molecule has 0 atom stereocenters. The topological polar surface area (TPSA) is 43.3 Å². The molecule has 0 radical (unpaired) electrons. The van der Waals surface area contributed by atoms with Crippen molar-refractivity contribution in [3.8, 4) is 5.75 Å². The van der Waals surface area contributed by atoms with E-state index in [1.54, 1.807) is 18.9 Å². The van der Waals surface area contributed by atoms with Crippen molar-refractivity contribution in [3.05, 3.63) is 90.1 Å². The number of carbonyl (C=O) groups excluding carboxylic acids is 1. The molecule has 4 nitrogen and oxygen atoms in total. The molecule has 1 heterocycles. The van der Waals surface area contributed by atoms with Gasteiger partial charge in [0.05, 0.1) is 18.2 Å². The molecule has 4 rings (SSSR count). The Bertz CT molecular complexity index is 1150. The zero-order chi connectivity index (χ0) is 20.2. The zero-order valence-corrected chi connectivity index (χ0v) is 17.2. The number of nitrogens with zero attached hydrogens (tertiary/aromatic N) is 1. The number of nitrogens with one attached hydrogen (secondary N) is 1. The van der Waals surface area contributed by atoms with Crippen LogP contribution in [0.15, 0.2) is 83.9 Å². The molecule has 0 spiro atoms.